The van der Waals surface area contributed by atoms with Gasteiger partial charge in [-0.25, -0.2) is 4.79 Å². The Kier molecular flexibility index (Phi) is 7.23. The Balaban J connectivity index is 2.85. The summed E-state index contributed by atoms with van der Waals surface area (Å²) in [6.45, 7) is 7.51. The van der Waals surface area contributed by atoms with E-state index in [4.69, 9.17) is 4.74 Å². The molecule has 1 unspecified atom stereocenters. The van der Waals surface area contributed by atoms with Crippen molar-refractivity contribution in [3.8, 4) is 0 Å². The largest absolute Gasteiger partial charge is 0.444 e. The smallest absolute Gasteiger partial charge is 0.408 e. The van der Waals surface area contributed by atoms with Crippen LogP contribution in [0, 0.1) is 0 Å². The van der Waals surface area contributed by atoms with Crippen molar-refractivity contribution in [3.05, 3.63) is 35.9 Å². The van der Waals surface area contributed by atoms with E-state index in [-0.39, 0.29) is 0 Å². The van der Waals surface area contributed by atoms with Gasteiger partial charge in [0.05, 0.1) is 12.1 Å². The maximum absolute atomic E-state index is 12.1. The fourth-order valence-corrected chi connectivity index (χ4v) is 2.46. The molecule has 0 aliphatic heterocycles. The number of hydrogen-bond acceptors (Lipinski definition) is 4. The number of ether oxygens (including phenoxy) is 1. The van der Waals surface area contributed by atoms with E-state index < -0.39 is 23.8 Å². The fourth-order valence-electron chi connectivity index (χ4n) is 2.07. The molecule has 0 aliphatic rings. The highest BCUT2D eigenvalue weighted by Crippen LogP contribution is 2.24. The van der Waals surface area contributed by atoms with Gasteiger partial charge in [0.1, 0.15) is 5.60 Å². The maximum atomic E-state index is 12.1. The minimum absolute atomic E-state index is 0.307. The van der Waals surface area contributed by atoms with Crippen LogP contribution in [0.2, 0.25) is 0 Å². The van der Waals surface area contributed by atoms with Gasteiger partial charge in [-0.2, -0.15) is 11.8 Å². The highest BCUT2D eigenvalue weighted by Gasteiger charge is 2.26. The van der Waals surface area contributed by atoms with E-state index in [2.05, 4.69) is 12.2 Å². The molecule has 0 fully saturated rings. The first-order valence-electron chi connectivity index (χ1n) is 7.48. The maximum Gasteiger partial charge on any atom is 0.408 e. The molecular weight excluding hydrogens is 298 g/mol. The number of amides is 1. The van der Waals surface area contributed by atoms with Crippen LogP contribution in [-0.2, 0) is 4.74 Å². The predicted octanol–water partition coefficient (Wildman–Crippen LogP) is 3.75. The van der Waals surface area contributed by atoms with Gasteiger partial charge in [-0.1, -0.05) is 37.3 Å². The van der Waals surface area contributed by atoms with E-state index in [1.807, 2.05) is 57.4 Å². The number of carbonyl (C=O) groups excluding carboxylic acids is 1. The average Bonchev–Trinajstić information content (AvgIpc) is 2.43. The number of rotatable bonds is 6. The highest BCUT2D eigenvalue weighted by molar-refractivity contribution is 7.99. The van der Waals surface area contributed by atoms with Crippen LogP contribution in [0.1, 0.15) is 45.7 Å². The number of hydrogen-bond donors (Lipinski definition) is 2. The van der Waals surface area contributed by atoms with Crippen LogP contribution in [0.15, 0.2) is 30.3 Å². The molecule has 124 valence electrons. The van der Waals surface area contributed by atoms with Crippen LogP contribution in [0.5, 0.6) is 0 Å². The molecule has 1 amide bonds. The Bertz CT molecular complexity index is 459. The minimum atomic E-state index is -0.669. The molecule has 0 radical (unpaired) electrons. The molecule has 0 spiro atoms. The summed E-state index contributed by atoms with van der Waals surface area (Å²) < 4.78 is 5.30. The first-order chi connectivity index (χ1) is 10.2. The molecule has 1 aromatic rings. The van der Waals surface area contributed by atoms with Gasteiger partial charge < -0.3 is 15.2 Å². The Hall–Kier alpha value is -1.20. The zero-order valence-corrected chi connectivity index (χ0v) is 14.8. The van der Waals surface area contributed by atoms with Crippen molar-refractivity contribution in [2.24, 2.45) is 0 Å². The molecule has 22 heavy (non-hydrogen) atoms. The van der Waals surface area contributed by atoms with Crippen LogP contribution < -0.4 is 5.32 Å². The summed E-state index contributed by atoms with van der Waals surface area (Å²) in [6, 6.07) is 9.01. The van der Waals surface area contributed by atoms with Crippen molar-refractivity contribution in [2.75, 3.05) is 6.26 Å². The van der Waals surface area contributed by atoms with Crippen molar-refractivity contribution in [2.45, 2.75) is 57.1 Å². The zero-order valence-electron chi connectivity index (χ0n) is 14.0. The molecule has 1 rings (SSSR count). The predicted molar refractivity (Wildman–Crippen MR) is 92.2 cm³/mol. The van der Waals surface area contributed by atoms with E-state index in [1.54, 1.807) is 11.8 Å². The van der Waals surface area contributed by atoms with Gasteiger partial charge >= 0.3 is 6.09 Å². The quantitative estimate of drug-likeness (QED) is 0.836. The second kappa shape index (κ2) is 8.44. The van der Waals surface area contributed by atoms with E-state index in [9.17, 15) is 9.90 Å². The van der Waals surface area contributed by atoms with E-state index in [1.165, 1.54) is 0 Å². The average molecular weight is 325 g/mol. The summed E-state index contributed by atoms with van der Waals surface area (Å²) >= 11 is 1.69. The molecule has 1 aromatic carbocycles. The van der Waals surface area contributed by atoms with Crippen LogP contribution in [0.4, 0.5) is 4.79 Å². The van der Waals surface area contributed by atoms with Crippen molar-refractivity contribution in [3.63, 3.8) is 0 Å². The molecule has 0 saturated heterocycles. The Labute approximate surface area is 137 Å². The molecular formula is C17H27NO3S. The second-order valence-corrected chi connectivity index (χ2v) is 7.66. The third kappa shape index (κ3) is 6.71. The summed E-state index contributed by atoms with van der Waals surface area (Å²) in [7, 11) is 0. The first-order valence-corrected chi connectivity index (χ1v) is 8.77. The second-order valence-electron chi connectivity index (χ2n) is 6.38. The summed E-state index contributed by atoms with van der Waals surface area (Å²) in [5, 5.41) is 13.6. The summed E-state index contributed by atoms with van der Waals surface area (Å²) in [5.74, 6) is 0. The van der Waals surface area contributed by atoms with E-state index >= 15 is 0 Å². The molecule has 4 nitrogen and oxygen atoms in total. The summed E-state index contributed by atoms with van der Waals surface area (Å²) in [6.07, 6.45) is 1.42. The van der Waals surface area contributed by atoms with E-state index in [0.717, 1.165) is 5.56 Å². The third-order valence-electron chi connectivity index (χ3n) is 3.19. The lowest BCUT2D eigenvalue weighted by Crippen LogP contribution is -2.40. The van der Waals surface area contributed by atoms with Crippen molar-refractivity contribution >= 4 is 17.9 Å². The van der Waals surface area contributed by atoms with Gasteiger partial charge in [0.25, 0.3) is 0 Å². The number of alkyl carbamates (subject to hydrolysis) is 1. The number of aliphatic hydroxyl groups is 1. The van der Waals surface area contributed by atoms with Gasteiger partial charge in [-0.15, -0.1) is 0 Å². The molecule has 2 N–H and O–H groups in total. The van der Waals surface area contributed by atoms with Gasteiger partial charge in [0.2, 0.25) is 0 Å². The number of benzene rings is 1. The van der Waals surface area contributed by atoms with Gasteiger partial charge in [0, 0.05) is 5.25 Å². The van der Waals surface area contributed by atoms with Gasteiger partial charge in [0.15, 0.2) is 0 Å². The lowest BCUT2D eigenvalue weighted by molar-refractivity contribution is 0.0412. The molecule has 5 heteroatoms. The number of carbonyl (C=O) groups is 1. The third-order valence-corrected chi connectivity index (χ3v) is 4.19. The lowest BCUT2D eigenvalue weighted by Gasteiger charge is -2.28. The van der Waals surface area contributed by atoms with Gasteiger partial charge in [-0.05, 0) is 39.0 Å². The topological polar surface area (TPSA) is 58.6 Å². The standard InChI is InChI=1S/C17H27NO3S/c1-12(22-5)11-14(19)15(13-9-7-6-8-10-13)18-16(20)21-17(2,3)4/h6-10,12,14-15,19H,11H2,1-5H3,(H,18,20)/t12?,14-,15+/m1/s1. The first kappa shape index (κ1) is 18.8. The lowest BCUT2D eigenvalue weighted by atomic mass is 9.98. The van der Waals surface area contributed by atoms with Crippen molar-refractivity contribution in [1.29, 1.82) is 0 Å². The molecule has 0 heterocycles. The molecule has 3 atom stereocenters. The molecule has 0 bridgehead atoms. The van der Waals surface area contributed by atoms with Crippen LogP contribution >= 0.6 is 11.8 Å². The van der Waals surface area contributed by atoms with E-state index in [0.29, 0.717) is 11.7 Å². The number of thioether (sulfide) groups is 1. The minimum Gasteiger partial charge on any atom is -0.444 e. The Morgan fingerprint density at radius 3 is 2.41 bits per heavy atom. The van der Waals surface area contributed by atoms with Crippen LogP contribution in [0.25, 0.3) is 0 Å². The summed E-state index contributed by atoms with van der Waals surface area (Å²) in [5.41, 5.74) is 0.303. The summed E-state index contributed by atoms with van der Waals surface area (Å²) in [4.78, 5) is 12.1. The van der Waals surface area contributed by atoms with Gasteiger partial charge in [-0.3, -0.25) is 0 Å². The SMILES string of the molecule is CSC(C)C[C@@H](O)[C@@H](NC(=O)OC(C)(C)C)c1ccccc1. The molecule has 0 saturated carbocycles. The normalized spacial score (nSPS) is 15.7. The Morgan fingerprint density at radius 2 is 1.91 bits per heavy atom. The fraction of sp³-hybridized carbons (Fsp3) is 0.588. The van der Waals surface area contributed by atoms with Crippen LogP contribution in [-0.4, -0.2) is 34.4 Å². The zero-order chi connectivity index (χ0) is 16.8. The molecule has 0 aromatic heterocycles. The number of aliphatic hydroxyl groups excluding tert-OH is 1. The van der Waals surface area contributed by atoms with Crippen molar-refractivity contribution < 1.29 is 14.6 Å². The highest BCUT2D eigenvalue weighted by atomic mass is 32.2. The van der Waals surface area contributed by atoms with Crippen LogP contribution in [0.3, 0.4) is 0 Å². The number of nitrogens with one attached hydrogen (secondary N) is 1. The van der Waals surface area contributed by atoms with Crippen molar-refractivity contribution in [1.82, 2.24) is 5.32 Å². The monoisotopic (exact) mass is 325 g/mol. The molecule has 0 aliphatic carbocycles. The Morgan fingerprint density at radius 1 is 1.32 bits per heavy atom.